The van der Waals surface area contributed by atoms with E-state index in [9.17, 15) is 0 Å². The molecule has 2 aromatic rings. The normalized spacial score (nSPS) is 11.1. The van der Waals surface area contributed by atoms with E-state index >= 15 is 0 Å². The van der Waals surface area contributed by atoms with Gasteiger partial charge in [0.1, 0.15) is 0 Å². The summed E-state index contributed by atoms with van der Waals surface area (Å²) in [7, 11) is 0. The number of nitrogens with zero attached hydrogens (tertiary/aromatic N) is 2. The summed E-state index contributed by atoms with van der Waals surface area (Å²) in [4.78, 5) is 0. The van der Waals surface area contributed by atoms with Crippen LogP contribution in [0, 0.1) is 5.92 Å². The molecule has 0 saturated heterocycles. The van der Waals surface area contributed by atoms with Crippen molar-refractivity contribution >= 4 is 11.6 Å². The Kier molecular flexibility index (Phi) is 4.39. The van der Waals surface area contributed by atoms with Crippen molar-refractivity contribution in [3.05, 3.63) is 47.2 Å². The van der Waals surface area contributed by atoms with Crippen LogP contribution in [0.3, 0.4) is 0 Å². The number of rotatable bonds is 5. The maximum atomic E-state index is 6.28. The highest BCUT2D eigenvalue weighted by Crippen LogP contribution is 2.22. The van der Waals surface area contributed by atoms with Crippen molar-refractivity contribution in [2.24, 2.45) is 5.92 Å². The van der Waals surface area contributed by atoms with Gasteiger partial charge in [-0.3, -0.25) is 0 Å². The lowest BCUT2D eigenvalue weighted by atomic mass is 10.1. The van der Waals surface area contributed by atoms with Gasteiger partial charge in [0.15, 0.2) is 0 Å². The third-order valence-electron chi connectivity index (χ3n) is 2.70. The summed E-state index contributed by atoms with van der Waals surface area (Å²) in [5, 5.41) is 8.46. The summed E-state index contributed by atoms with van der Waals surface area (Å²) < 4.78 is 1.85. The van der Waals surface area contributed by atoms with Crippen LogP contribution in [0.4, 0.5) is 0 Å². The van der Waals surface area contributed by atoms with Crippen LogP contribution in [0.25, 0.3) is 5.69 Å². The minimum Gasteiger partial charge on any atom is -0.312 e. The molecule has 0 amide bonds. The molecule has 0 aliphatic rings. The predicted molar refractivity (Wildman–Crippen MR) is 75.1 cm³/mol. The second-order valence-electron chi connectivity index (χ2n) is 4.71. The Morgan fingerprint density at radius 3 is 2.83 bits per heavy atom. The number of halogens is 1. The molecule has 0 aliphatic heterocycles. The van der Waals surface area contributed by atoms with Gasteiger partial charge in [-0.1, -0.05) is 31.5 Å². The lowest BCUT2D eigenvalue weighted by Crippen LogP contribution is -2.20. The van der Waals surface area contributed by atoms with Crippen LogP contribution >= 0.6 is 11.6 Å². The first-order valence-corrected chi connectivity index (χ1v) is 6.54. The highest BCUT2D eigenvalue weighted by atomic mass is 35.5. The molecule has 1 aromatic carbocycles. The molecule has 0 fully saturated rings. The van der Waals surface area contributed by atoms with Crippen LogP contribution in [0.2, 0.25) is 5.02 Å². The minimum atomic E-state index is 0.626. The van der Waals surface area contributed by atoms with Crippen LogP contribution < -0.4 is 5.32 Å². The van der Waals surface area contributed by atoms with Crippen molar-refractivity contribution in [1.82, 2.24) is 15.1 Å². The van der Waals surface area contributed by atoms with Gasteiger partial charge in [-0.2, -0.15) is 5.10 Å². The number of benzene rings is 1. The maximum Gasteiger partial charge on any atom is 0.0705 e. The number of hydrogen-bond donors (Lipinski definition) is 1. The van der Waals surface area contributed by atoms with Crippen molar-refractivity contribution in [3.8, 4) is 5.69 Å². The molecule has 4 heteroatoms. The molecular formula is C14H18ClN3. The Morgan fingerprint density at radius 1 is 1.33 bits per heavy atom. The fourth-order valence-corrected chi connectivity index (χ4v) is 2.07. The van der Waals surface area contributed by atoms with E-state index in [1.807, 2.05) is 35.1 Å². The fraction of sp³-hybridized carbons (Fsp3) is 0.357. The monoisotopic (exact) mass is 263 g/mol. The smallest absolute Gasteiger partial charge is 0.0705 e. The zero-order valence-corrected chi connectivity index (χ0v) is 11.5. The average Bonchev–Trinajstić information content (AvgIpc) is 2.84. The van der Waals surface area contributed by atoms with E-state index < -0.39 is 0 Å². The highest BCUT2D eigenvalue weighted by molar-refractivity contribution is 6.31. The van der Waals surface area contributed by atoms with Gasteiger partial charge < -0.3 is 5.32 Å². The quantitative estimate of drug-likeness (QED) is 0.897. The first-order chi connectivity index (χ1) is 8.68. The summed E-state index contributed by atoms with van der Waals surface area (Å²) in [5.74, 6) is 0.626. The van der Waals surface area contributed by atoms with E-state index in [1.54, 1.807) is 6.20 Å². The zero-order chi connectivity index (χ0) is 13.0. The molecular weight excluding hydrogens is 246 g/mol. The fourth-order valence-electron chi connectivity index (χ4n) is 1.83. The van der Waals surface area contributed by atoms with Gasteiger partial charge in [-0.15, -0.1) is 0 Å². The second kappa shape index (κ2) is 6.03. The second-order valence-corrected chi connectivity index (χ2v) is 5.12. The molecule has 3 nitrogen and oxygen atoms in total. The van der Waals surface area contributed by atoms with Crippen LogP contribution in [0.5, 0.6) is 0 Å². The van der Waals surface area contributed by atoms with Gasteiger partial charge in [0.05, 0.1) is 5.69 Å². The van der Waals surface area contributed by atoms with E-state index in [2.05, 4.69) is 24.3 Å². The van der Waals surface area contributed by atoms with Crippen molar-refractivity contribution in [3.63, 3.8) is 0 Å². The molecule has 1 aromatic heterocycles. The van der Waals surface area contributed by atoms with Crippen molar-refractivity contribution in [2.45, 2.75) is 20.4 Å². The van der Waals surface area contributed by atoms with Crippen LogP contribution in [0.15, 0.2) is 36.7 Å². The Balaban J connectivity index is 2.22. The number of hydrogen-bond acceptors (Lipinski definition) is 2. The molecule has 0 aliphatic carbocycles. The molecule has 1 N–H and O–H groups in total. The average molecular weight is 264 g/mol. The Labute approximate surface area is 113 Å². The minimum absolute atomic E-state index is 0.626. The molecule has 96 valence electrons. The van der Waals surface area contributed by atoms with Gasteiger partial charge in [-0.25, -0.2) is 4.68 Å². The summed E-state index contributed by atoms with van der Waals surface area (Å²) >= 11 is 6.28. The SMILES string of the molecule is CC(C)CNCc1c(Cl)cccc1-n1cccn1. The molecule has 0 atom stereocenters. The number of nitrogens with one attached hydrogen (secondary N) is 1. The van der Waals surface area contributed by atoms with Crippen LogP contribution in [-0.4, -0.2) is 16.3 Å². The highest BCUT2D eigenvalue weighted by Gasteiger charge is 2.08. The molecule has 1 heterocycles. The topological polar surface area (TPSA) is 29.9 Å². The van der Waals surface area contributed by atoms with Gasteiger partial charge >= 0.3 is 0 Å². The van der Waals surface area contributed by atoms with Crippen molar-refractivity contribution in [2.75, 3.05) is 6.54 Å². The molecule has 0 unspecified atom stereocenters. The van der Waals surface area contributed by atoms with E-state index in [4.69, 9.17) is 11.6 Å². The zero-order valence-electron chi connectivity index (χ0n) is 10.7. The summed E-state index contributed by atoms with van der Waals surface area (Å²) in [6, 6.07) is 7.81. The lowest BCUT2D eigenvalue weighted by Gasteiger charge is -2.13. The largest absolute Gasteiger partial charge is 0.312 e. The Bertz CT molecular complexity index is 492. The summed E-state index contributed by atoms with van der Waals surface area (Å²) in [6.07, 6.45) is 3.70. The van der Waals surface area contributed by atoms with Crippen molar-refractivity contribution < 1.29 is 0 Å². The van der Waals surface area contributed by atoms with Gasteiger partial charge in [0.25, 0.3) is 0 Å². The van der Waals surface area contributed by atoms with E-state index in [0.717, 1.165) is 29.4 Å². The third-order valence-corrected chi connectivity index (χ3v) is 3.05. The van der Waals surface area contributed by atoms with E-state index in [-0.39, 0.29) is 0 Å². The van der Waals surface area contributed by atoms with Gasteiger partial charge in [-0.05, 0) is 30.7 Å². The van der Waals surface area contributed by atoms with Crippen LogP contribution in [-0.2, 0) is 6.54 Å². The standard InChI is InChI=1S/C14H18ClN3/c1-11(2)9-16-10-12-13(15)5-3-6-14(12)18-8-4-7-17-18/h3-8,11,16H,9-10H2,1-2H3. The first-order valence-electron chi connectivity index (χ1n) is 6.16. The summed E-state index contributed by atoms with van der Waals surface area (Å²) in [6.45, 7) is 6.11. The molecule has 0 bridgehead atoms. The molecule has 0 spiro atoms. The predicted octanol–water partition coefficient (Wildman–Crippen LogP) is 3.27. The lowest BCUT2D eigenvalue weighted by molar-refractivity contribution is 0.551. The Morgan fingerprint density at radius 2 is 2.17 bits per heavy atom. The van der Waals surface area contributed by atoms with E-state index in [0.29, 0.717) is 5.92 Å². The Hall–Kier alpha value is -1.32. The molecule has 18 heavy (non-hydrogen) atoms. The number of aromatic nitrogens is 2. The third kappa shape index (κ3) is 3.12. The summed E-state index contributed by atoms with van der Waals surface area (Å²) in [5.41, 5.74) is 2.12. The van der Waals surface area contributed by atoms with Crippen molar-refractivity contribution in [1.29, 1.82) is 0 Å². The first kappa shape index (κ1) is 13.1. The van der Waals surface area contributed by atoms with Crippen LogP contribution in [0.1, 0.15) is 19.4 Å². The van der Waals surface area contributed by atoms with E-state index in [1.165, 1.54) is 0 Å². The van der Waals surface area contributed by atoms with Gasteiger partial charge in [0, 0.05) is 29.5 Å². The molecule has 0 radical (unpaired) electrons. The maximum absolute atomic E-state index is 6.28. The van der Waals surface area contributed by atoms with Gasteiger partial charge in [0.2, 0.25) is 0 Å². The molecule has 0 saturated carbocycles. The molecule has 2 rings (SSSR count).